The van der Waals surface area contributed by atoms with Gasteiger partial charge in [-0.05, 0) is 24.1 Å². The van der Waals surface area contributed by atoms with E-state index < -0.39 is 0 Å². The third kappa shape index (κ3) is 2.45. The number of hydrogen-bond acceptors (Lipinski definition) is 4. The molecule has 0 unspecified atom stereocenters. The van der Waals surface area contributed by atoms with Gasteiger partial charge in [-0.25, -0.2) is 14.4 Å². The number of anilines is 1. The van der Waals surface area contributed by atoms with Crippen molar-refractivity contribution in [3.05, 3.63) is 48.2 Å². The number of benzene rings is 1. The molecule has 0 spiro atoms. The summed E-state index contributed by atoms with van der Waals surface area (Å²) in [6, 6.07) is 6.52. The molecule has 6 heteroatoms. The monoisotopic (exact) mass is 271 g/mol. The Morgan fingerprint density at radius 2 is 2.00 bits per heavy atom. The molecular weight excluding hydrogens is 257 g/mol. The van der Waals surface area contributed by atoms with Gasteiger partial charge in [0, 0.05) is 13.6 Å². The van der Waals surface area contributed by atoms with E-state index in [0.29, 0.717) is 6.54 Å². The topological polar surface area (TPSA) is 55.6 Å². The lowest BCUT2D eigenvalue weighted by molar-refractivity contribution is 0.627. The van der Waals surface area contributed by atoms with Crippen molar-refractivity contribution < 1.29 is 4.39 Å². The van der Waals surface area contributed by atoms with E-state index in [-0.39, 0.29) is 5.82 Å². The summed E-state index contributed by atoms with van der Waals surface area (Å²) in [5.41, 5.74) is 1.87. The third-order valence-corrected chi connectivity index (χ3v) is 3.15. The summed E-state index contributed by atoms with van der Waals surface area (Å²) in [6.07, 6.45) is 4.06. The molecule has 3 rings (SSSR count). The predicted molar refractivity (Wildman–Crippen MR) is 74.9 cm³/mol. The Morgan fingerprint density at radius 1 is 1.20 bits per heavy atom. The summed E-state index contributed by atoms with van der Waals surface area (Å²) in [4.78, 5) is 8.41. The van der Waals surface area contributed by atoms with Crippen LogP contribution in [0, 0.1) is 5.82 Å². The van der Waals surface area contributed by atoms with E-state index in [4.69, 9.17) is 0 Å². The van der Waals surface area contributed by atoms with E-state index in [1.165, 1.54) is 18.5 Å². The summed E-state index contributed by atoms with van der Waals surface area (Å²) in [5.74, 6) is 0.555. The fraction of sp³-hybridized carbons (Fsp3) is 0.214. The summed E-state index contributed by atoms with van der Waals surface area (Å²) < 4.78 is 14.5. The molecule has 0 aliphatic rings. The number of nitrogens with zero attached hydrogens (tertiary/aromatic N) is 4. The molecule has 2 aromatic heterocycles. The maximum atomic E-state index is 12.8. The number of rotatable bonds is 4. The molecule has 3 aromatic rings. The Kier molecular flexibility index (Phi) is 3.28. The predicted octanol–water partition coefficient (Wildman–Crippen LogP) is 2.16. The highest BCUT2D eigenvalue weighted by Gasteiger charge is 2.06. The van der Waals surface area contributed by atoms with Crippen LogP contribution in [-0.4, -0.2) is 26.3 Å². The summed E-state index contributed by atoms with van der Waals surface area (Å²) in [7, 11) is 1.84. The lowest BCUT2D eigenvalue weighted by Crippen LogP contribution is -2.07. The van der Waals surface area contributed by atoms with Crippen LogP contribution in [0.3, 0.4) is 0 Å². The fourth-order valence-corrected chi connectivity index (χ4v) is 2.08. The van der Waals surface area contributed by atoms with Gasteiger partial charge in [0.15, 0.2) is 5.65 Å². The van der Waals surface area contributed by atoms with Crippen LogP contribution < -0.4 is 5.32 Å². The van der Waals surface area contributed by atoms with Crippen molar-refractivity contribution in [3.8, 4) is 0 Å². The number of halogens is 1. The average molecular weight is 271 g/mol. The number of nitrogens with one attached hydrogen (secondary N) is 1. The van der Waals surface area contributed by atoms with Crippen LogP contribution in [0.5, 0.6) is 0 Å². The third-order valence-electron chi connectivity index (χ3n) is 3.15. The Labute approximate surface area is 115 Å². The molecular formula is C14H14FN5. The van der Waals surface area contributed by atoms with Gasteiger partial charge in [-0.2, -0.15) is 5.10 Å². The Bertz CT molecular complexity index is 720. The average Bonchev–Trinajstić information content (AvgIpc) is 2.84. The number of hydrogen-bond donors (Lipinski definition) is 1. The van der Waals surface area contributed by atoms with Gasteiger partial charge in [0.25, 0.3) is 0 Å². The molecule has 102 valence electrons. The molecule has 0 radical (unpaired) electrons. The second kappa shape index (κ2) is 5.24. The van der Waals surface area contributed by atoms with E-state index >= 15 is 0 Å². The molecule has 0 saturated carbocycles. The zero-order chi connectivity index (χ0) is 13.9. The van der Waals surface area contributed by atoms with E-state index in [9.17, 15) is 4.39 Å². The SMILES string of the molecule is Cn1ncc2c(NCCc3ccc(F)cc3)ncnc21. The minimum atomic E-state index is -0.213. The maximum absolute atomic E-state index is 12.8. The second-order valence-corrected chi connectivity index (χ2v) is 4.53. The van der Waals surface area contributed by atoms with Gasteiger partial charge in [-0.3, -0.25) is 4.68 Å². The molecule has 0 aliphatic carbocycles. The van der Waals surface area contributed by atoms with E-state index in [1.807, 2.05) is 7.05 Å². The van der Waals surface area contributed by atoms with E-state index in [2.05, 4.69) is 20.4 Å². The first kappa shape index (κ1) is 12.5. The van der Waals surface area contributed by atoms with Gasteiger partial charge in [0.2, 0.25) is 0 Å². The van der Waals surface area contributed by atoms with Crippen LogP contribution in [0.15, 0.2) is 36.8 Å². The van der Waals surface area contributed by atoms with Gasteiger partial charge < -0.3 is 5.32 Å². The van der Waals surface area contributed by atoms with E-state index in [0.717, 1.165) is 28.8 Å². The molecule has 0 aliphatic heterocycles. The van der Waals surface area contributed by atoms with Gasteiger partial charge in [0.05, 0.1) is 11.6 Å². The standard InChI is InChI=1S/C14H14FN5/c1-20-14-12(8-19-20)13(17-9-18-14)16-7-6-10-2-4-11(15)5-3-10/h2-5,8-9H,6-7H2,1H3,(H,16,17,18). The van der Waals surface area contributed by atoms with E-state index in [1.54, 1.807) is 23.0 Å². The maximum Gasteiger partial charge on any atom is 0.163 e. The van der Waals surface area contributed by atoms with Crippen LogP contribution in [0.1, 0.15) is 5.56 Å². The quantitative estimate of drug-likeness (QED) is 0.790. The number of aryl methyl sites for hydroxylation is 1. The van der Waals surface area contributed by atoms with Crippen molar-refractivity contribution in [1.29, 1.82) is 0 Å². The van der Waals surface area contributed by atoms with Crippen molar-refractivity contribution >= 4 is 16.9 Å². The molecule has 1 N–H and O–H groups in total. The van der Waals surface area contributed by atoms with Crippen molar-refractivity contribution in [3.63, 3.8) is 0 Å². The van der Waals surface area contributed by atoms with Crippen LogP contribution in [0.2, 0.25) is 0 Å². The summed E-state index contributed by atoms with van der Waals surface area (Å²) in [6.45, 7) is 0.715. The van der Waals surface area contributed by atoms with Crippen LogP contribution in [0.25, 0.3) is 11.0 Å². The normalized spacial score (nSPS) is 10.9. The Hall–Kier alpha value is -2.50. The summed E-state index contributed by atoms with van der Waals surface area (Å²) in [5, 5.41) is 8.33. The van der Waals surface area contributed by atoms with Gasteiger partial charge in [-0.15, -0.1) is 0 Å². The minimum absolute atomic E-state index is 0.213. The Morgan fingerprint density at radius 3 is 2.80 bits per heavy atom. The van der Waals surface area contributed by atoms with Crippen molar-refractivity contribution in [1.82, 2.24) is 19.7 Å². The highest BCUT2D eigenvalue weighted by atomic mass is 19.1. The van der Waals surface area contributed by atoms with Crippen LogP contribution in [0.4, 0.5) is 10.2 Å². The van der Waals surface area contributed by atoms with Crippen LogP contribution in [-0.2, 0) is 13.5 Å². The molecule has 2 heterocycles. The fourth-order valence-electron chi connectivity index (χ4n) is 2.08. The van der Waals surface area contributed by atoms with Gasteiger partial charge >= 0.3 is 0 Å². The smallest absolute Gasteiger partial charge is 0.163 e. The Balaban J connectivity index is 1.69. The van der Waals surface area contributed by atoms with Crippen molar-refractivity contribution in [2.24, 2.45) is 7.05 Å². The molecule has 5 nitrogen and oxygen atoms in total. The molecule has 0 bridgehead atoms. The molecule has 1 aromatic carbocycles. The molecule has 0 fully saturated rings. The highest BCUT2D eigenvalue weighted by molar-refractivity contribution is 5.85. The highest BCUT2D eigenvalue weighted by Crippen LogP contribution is 2.17. The van der Waals surface area contributed by atoms with Crippen molar-refractivity contribution in [2.75, 3.05) is 11.9 Å². The number of fused-ring (bicyclic) bond motifs is 1. The van der Waals surface area contributed by atoms with Gasteiger partial charge in [-0.1, -0.05) is 12.1 Å². The zero-order valence-electron chi connectivity index (χ0n) is 11.0. The first-order valence-corrected chi connectivity index (χ1v) is 6.35. The molecule has 0 amide bonds. The molecule has 0 saturated heterocycles. The lowest BCUT2D eigenvalue weighted by atomic mass is 10.1. The van der Waals surface area contributed by atoms with Crippen molar-refractivity contribution in [2.45, 2.75) is 6.42 Å². The van der Waals surface area contributed by atoms with Crippen LogP contribution >= 0.6 is 0 Å². The second-order valence-electron chi connectivity index (χ2n) is 4.53. The summed E-state index contributed by atoms with van der Waals surface area (Å²) >= 11 is 0. The number of aromatic nitrogens is 4. The lowest BCUT2D eigenvalue weighted by Gasteiger charge is -2.06. The zero-order valence-corrected chi connectivity index (χ0v) is 11.0. The van der Waals surface area contributed by atoms with Gasteiger partial charge in [0.1, 0.15) is 18.0 Å². The molecule has 20 heavy (non-hydrogen) atoms. The first-order valence-electron chi connectivity index (χ1n) is 6.35. The largest absolute Gasteiger partial charge is 0.369 e. The molecule has 0 atom stereocenters. The minimum Gasteiger partial charge on any atom is -0.369 e. The first-order chi connectivity index (χ1) is 9.74.